The zero-order chi connectivity index (χ0) is 20.3. The Morgan fingerprint density at radius 3 is 2.71 bits per heavy atom. The summed E-state index contributed by atoms with van der Waals surface area (Å²) in [6, 6.07) is 11.4. The van der Waals surface area contributed by atoms with Crippen LogP contribution in [0.25, 0.3) is 5.69 Å². The van der Waals surface area contributed by atoms with Gasteiger partial charge in [-0.05, 0) is 44.2 Å². The van der Waals surface area contributed by atoms with Gasteiger partial charge in [0.05, 0.1) is 16.7 Å². The lowest BCUT2D eigenvalue weighted by molar-refractivity contribution is -0.385. The van der Waals surface area contributed by atoms with Gasteiger partial charge in [0.2, 0.25) is 0 Å². The van der Waals surface area contributed by atoms with E-state index in [9.17, 15) is 20.0 Å². The average molecular weight is 379 g/mol. The lowest BCUT2D eigenvalue weighted by atomic mass is 10.2. The largest absolute Gasteiger partial charge is 0.478 e. The summed E-state index contributed by atoms with van der Waals surface area (Å²) in [6.07, 6.45) is 2.77. The fourth-order valence-corrected chi connectivity index (χ4v) is 2.82. The van der Waals surface area contributed by atoms with Gasteiger partial charge in [0.15, 0.2) is 0 Å². The predicted molar refractivity (Wildman–Crippen MR) is 104 cm³/mol. The molecule has 28 heavy (non-hydrogen) atoms. The molecule has 0 aliphatic carbocycles. The summed E-state index contributed by atoms with van der Waals surface area (Å²) in [5, 5.41) is 24.0. The maximum Gasteiger partial charge on any atom is 0.335 e. The Hall–Kier alpha value is -4.01. The van der Waals surface area contributed by atoms with Crippen LogP contribution < -0.4 is 5.43 Å². The number of aromatic nitrogens is 2. The third kappa shape index (κ3) is 3.88. The van der Waals surface area contributed by atoms with E-state index in [1.807, 2.05) is 30.5 Å². The number of carbonyl (C=O) groups is 1. The molecular weight excluding hydrogens is 362 g/mol. The van der Waals surface area contributed by atoms with Gasteiger partial charge in [-0.1, -0.05) is 6.07 Å². The molecule has 2 heterocycles. The molecular formula is C19H17N5O4. The molecule has 0 atom stereocenters. The number of rotatable bonds is 6. The number of nitrogens with one attached hydrogen (secondary N) is 1. The molecule has 142 valence electrons. The summed E-state index contributed by atoms with van der Waals surface area (Å²) >= 11 is 0. The summed E-state index contributed by atoms with van der Waals surface area (Å²) in [7, 11) is 0. The molecule has 3 rings (SSSR count). The number of hydrogen-bond donors (Lipinski definition) is 2. The summed E-state index contributed by atoms with van der Waals surface area (Å²) < 4.78 is 1.94. The number of hydrogen-bond acceptors (Lipinski definition) is 6. The van der Waals surface area contributed by atoms with Crippen LogP contribution in [-0.4, -0.2) is 31.8 Å². The molecule has 0 bridgehead atoms. The van der Waals surface area contributed by atoms with Gasteiger partial charge in [-0.15, -0.1) is 0 Å². The van der Waals surface area contributed by atoms with Crippen molar-refractivity contribution in [3.8, 4) is 5.69 Å². The second kappa shape index (κ2) is 7.70. The van der Waals surface area contributed by atoms with Crippen LogP contribution in [0.1, 0.15) is 27.3 Å². The molecule has 0 amide bonds. The molecule has 2 aromatic heterocycles. The highest BCUT2D eigenvalue weighted by Crippen LogP contribution is 2.21. The SMILES string of the molecule is Cc1cc(/C=N/Nc2ccc([N+](=O)[O-])cn2)c(C)n1-c1cccc(C(=O)O)c1. The minimum atomic E-state index is -0.981. The van der Waals surface area contributed by atoms with Crippen molar-refractivity contribution in [2.75, 3.05) is 5.43 Å². The quantitative estimate of drug-likeness (QED) is 0.384. The van der Waals surface area contributed by atoms with Crippen LogP contribution in [-0.2, 0) is 0 Å². The van der Waals surface area contributed by atoms with Gasteiger partial charge in [0.1, 0.15) is 12.0 Å². The molecule has 2 N–H and O–H groups in total. The molecule has 0 unspecified atom stereocenters. The highest BCUT2D eigenvalue weighted by atomic mass is 16.6. The number of nitro groups is 1. The van der Waals surface area contributed by atoms with Gasteiger partial charge in [-0.25, -0.2) is 9.78 Å². The lowest BCUT2D eigenvalue weighted by Crippen LogP contribution is -2.03. The maximum absolute atomic E-state index is 11.2. The van der Waals surface area contributed by atoms with E-state index in [-0.39, 0.29) is 11.3 Å². The number of aromatic carboxylic acids is 1. The number of carboxylic acid groups (broad SMARTS) is 1. The van der Waals surface area contributed by atoms with Gasteiger partial charge < -0.3 is 9.67 Å². The van der Waals surface area contributed by atoms with Crippen LogP contribution in [0.3, 0.4) is 0 Å². The summed E-state index contributed by atoms with van der Waals surface area (Å²) in [5.41, 5.74) is 6.25. The number of pyridine rings is 1. The van der Waals surface area contributed by atoms with Crippen LogP contribution in [0, 0.1) is 24.0 Å². The second-order valence-electron chi connectivity index (χ2n) is 6.05. The minimum absolute atomic E-state index is 0.0957. The Labute approximate surface area is 160 Å². The first-order valence-corrected chi connectivity index (χ1v) is 8.29. The Balaban J connectivity index is 1.81. The first kappa shape index (κ1) is 18.8. The van der Waals surface area contributed by atoms with Crippen molar-refractivity contribution in [2.45, 2.75) is 13.8 Å². The molecule has 0 saturated carbocycles. The predicted octanol–water partition coefficient (Wildman–Crippen LogP) is 3.54. The second-order valence-corrected chi connectivity index (χ2v) is 6.05. The maximum atomic E-state index is 11.2. The Bertz CT molecular complexity index is 1070. The van der Waals surface area contributed by atoms with E-state index in [2.05, 4.69) is 15.5 Å². The molecule has 0 saturated heterocycles. The first-order valence-electron chi connectivity index (χ1n) is 8.29. The molecule has 0 aliphatic rings. The summed E-state index contributed by atoms with van der Waals surface area (Å²) in [5.74, 6) is -0.601. The summed E-state index contributed by atoms with van der Waals surface area (Å²) in [4.78, 5) is 25.3. The Kier molecular flexibility index (Phi) is 5.16. The van der Waals surface area contributed by atoms with Crippen molar-refractivity contribution < 1.29 is 14.8 Å². The molecule has 9 heteroatoms. The molecule has 0 spiro atoms. The van der Waals surface area contributed by atoms with E-state index < -0.39 is 10.9 Å². The molecule has 1 aromatic carbocycles. The van der Waals surface area contributed by atoms with E-state index in [1.165, 1.54) is 12.1 Å². The summed E-state index contributed by atoms with van der Waals surface area (Å²) in [6.45, 7) is 3.83. The van der Waals surface area contributed by atoms with Crippen molar-refractivity contribution >= 4 is 23.7 Å². The fraction of sp³-hybridized carbons (Fsp3) is 0.105. The van der Waals surface area contributed by atoms with Crippen LogP contribution in [0.4, 0.5) is 11.5 Å². The van der Waals surface area contributed by atoms with Crippen LogP contribution in [0.2, 0.25) is 0 Å². The van der Waals surface area contributed by atoms with Gasteiger partial charge in [-0.2, -0.15) is 5.10 Å². The van der Waals surface area contributed by atoms with Crippen molar-refractivity contribution in [3.05, 3.63) is 81.3 Å². The number of aryl methyl sites for hydroxylation is 1. The minimum Gasteiger partial charge on any atom is -0.478 e. The van der Waals surface area contributed by atoms with Gasteiger partial charge >= 0.3 is 5.97 Å². The number of nitrogens with zero attached hydrogens (tertiary/aromatic N) is 4. The fourth-order valence-electron chi connectivity index (χ4n) is 2.82. The molecule has 0 aliphatic heterocycles. The Morgan fingerprint density at radius 1 is 1.29 bits per heavy atom. The van der Waals surface area contributed by atoms with Gasteiger partial charge in [0.25, 0.3) is 5.69 Å². The zero-order valence-corrected chi connectivity index (χ0v) is 15.2. The third-order valence-electron chi connectivity index (χ3n) is 4.16. The van der Waals surface area contributed by atoms with Crippen LogP contribution in [0.5, 0.6) is 0 Å². The van der Waals surface area contributed by atoms with E-state index in [0.29, 0.717) is 5.82 Å². The topological polar surface area (TPSA) is 123 Å². The van der Waals surface area contributed by atoms with Crippen LogP contribution >= 0.6 is 0 Å². The standard InChI is InChI=1S/C19H17N5O4/c1-12-8-15(10-21-22-18-7-6-17(11-20-18)24(27)28)13(2)23(12)16-5-3-4-14(9-16)19(25)26/h3-11H,1-2H3,(H,20,22)(H,25,26)/b21-10+. The highest BCUT2D eigenvalue weighted by molar-refractivity contribution is 5.88. The number of hydrazone groups is 1. The van der Waals surface area contributed by atoms with Crippen LogP contribution in [0.15, 0.2) is 53.8 Å². The smallest absolute Gasteiger partial charge is 0.335 e. The van der Waals surface area contributed by atoms with E-state index in [4.69, 9.17) is 0 Å². The highest BCUT2D eigenvalue weighted by Gasteiger charge is 2.11. The Morgan fingerprint density at radius 2 is 2.07 bits per heavy atom. The average Bonchev–Trinajstić information content (AvgIpc) is 2.95. The van der Waals surface area contributed by atoms with E-state index >= 15 is 0 Å². The van der Waals surface area contributed by atoms with Crippen molar-refractivity contribution in [2.24, 2.45) is 5.10 Å². The van der Waals surface area contributed by atoms with E-state index in [1.54, 1.807) is 24.4 Å². The van der Waals surface area contributed by atoms with Crippen molar-refractivity contribution in [3.63, 3.8) is 0 Å². The number of benzene rings is 1. The third-order valence-corrected chi connectivity index (χ3v) is 4.16. The van der Waals surface area contributed by atoms with Gasteiger partial charge in [0, 0.05) is 28.7 Å². The van der Waals surface area contributed by atoms with Crippen molar-refractivity contribution in [1.29, 1.82) is 0 Å². The van der Waals surface area contributed by atoms with Gasteiger partial charge in [-0.3, -0.25) is 15.5 Å². The lowest BCUT2D eigenvalue weighted by Gasteiger charge is -2.10. The molecule has 0 radical (unpaired) electrons. The monoisotopic (exact) mass is 379 g/mol. The number of anilines is 1. The number of carboxylic acids is 1. The van der Waals surface area contributed by atoms with Crippen molar-refractivity contribution in [1.82, 2.24) is 9.55 Å². The molecule has 9 nitrogen and oxygen atoms in total. The zero-order valence-electron chi connectivity index (χ0n) is 15.2. The first-order chi connectivity index (χ1) is 13.4. The molecule has 0 fully saturated rings. The normalized spacial score (nSPS) is 10.9. The molecule has 3 aromatic rings. The van der Waals surface area contributed by atoms with E-state index in [0.717, 1.165) is 28.8 Å².